The Hall–Kier alpha value is -2.41. The summed E-state index contributed by atoms with van der Waals surface area (Å²) in [7, 11) is -3.64. The van der Waals surface area contributed by atoms with E-state index in [-0.39, 0.29) is 10.9 Å². The lowest BCUT2D eigenvalue weighted by atomic mass is 10.1. The van der Waals surface area contributed by atoms with E-state index in [0.717, 1.165) is 16.8 Å². The van der Waals surface area contributed by atoms with E-state index >= 15 is 0 Å². The highest BCUT2D eigenvalue weighted by Gasteiger charge is 2.25. The van der Waals surface area contributed by atoms with Crippen molar-refractivity contribution in [3.8, 4) is 5.69 Å². The Morgan fingerprint density at radius 1 is 1.08 bits per heavy atom. The van der Waals surface area contributed by atoms with Crippen LogP contribution in [0.4, 0.5) is 0 Å². The average molecular weight is 345 g/mol. The third-order valence-electron chi connectivity index (χ3n) is 3.89. The van der Waals surface area contributed by atoms with Gasteiger partial charge in [-0.05, 0) is 51.0 Å². The number of hydrogen-bond donors (Lipinski definition) is 0. The predicted molar refractivity (Wildman–Crippen MR) is 89.9 cm³/mol. The summed E-state index contributed by atoms with van der Waals surface area (Å²) in [5, 5.41) is 3.84. The Bertz CT molecular complexity index is 960. The fourth-order valence-corrected chi connectivity index (χ4v) is 4.38. The molecule has 0 radical (unpaired) electrons. The van der Waals surface area contributed by atoms with Gasteiger partial charge >= 0.3 is 0 Å². The molecule has 1 aromatic carbocycles. The fourth-order valence-electron chi connectivity index (χ4n) is 2.77. The number of benzene rings is 1. The zero-order valence-corrected chi connectivity index (χ0v) is 14.9. The normalized spacial score (nSPS) is 11.8. The van der Waals surface area contributed by atoms with Gasteiger partial charge in [0.1, 0.15) is 5.76 Å². The van der Waals surface area contributed by atoms with Gasteiger partial charge in [-0.15, -0.1) is 0 Å². The molecule has 0 atom stereocenters. The molecule has 0 amide bonds. The van der Waals surface area contributed by atoms with Gasteiger partial charge in [-0.25, -0.2) is 13.4 Å². The zero-order chi connectivity index (χ0) is 17.5. The first-order valence-electron chi connectivity index (χ1n) is 7.54. The Morgan fingerprint density at radius 2 is 1.75 bits per heavy atom. The van der Waals surface area contributed by atoms with E-state index in [9.17, 15) is 8.42 Å². The number of hydrogen-bond acceptors (Lipinski definition) is 5. The van der Waals surface area contributed by atoms with Crippen molar-refractivity contribution in [3.63, 3.8) is 0 Å². The molecule has 0 aliphatic heterocycles. The Labute approximate surface area is 141 Å². The summed E-state index contributed by atoms with van der Waals surface area (Å²) in [5.41, 5.74) is 4.08. The maximum atomic E-state index is 12.9. The number of sulfone groups is 1. The van der Waals surface area contributed by atoms with Crippen LogP contribution in [0.2, 0.25) is 0 Å². The van der Waals surface area contributed by atoms with Gasteiger partial charge in [0, 0.05) is 23.6 Å². The number of aromatic nitrogens is 3. The second-order valence-corrected chi connectivity index (χ2v) is 7.87. The van der Waals surface area contributed by atoms with Crippen molar-refractivity contribution in [3.05, 3.63) is 58.7 Å². The average Bonchev–Trinajstić information content (AvgIpc) is 3.09. The molecule has 2 heterocycles. The van der Waals surface area contributed by atoms with Crippen LogP contribution in [0.15, 0.2) is 40.3 Å². The first kappa shape index (κ1) is 16.4. The predicted octanol–water partition coefficient (Wildman–Crippen LogP) is 3.07. The van der Waals surface area contributed by atoms with E-state index in [0.29, 0.717) is 17.0 Å². The molecule has 24 heavy (non-hydrogen) atoms. The molecule has 0 spiro atoms. The van der Waals surface area contributed by atoms with Gasteiger partial charge in [0.15, 0.2) is 0 Å². The van der Waals surface area contributed by atoms with Gasteiger partial charge in [-0.1, -0.05) is 11.2 Å². The molecule has 126 valence electrons. The maximum absolute atomic E-state index is 12.9. The summed E-state index contributed by atoms with van der Waals surface area (Å²) in [6.07, 6.45) is 3.16. The molecule has 3 rings (SSSR count). The van der Waals surface area contributed by atoms with Gasteiger partial charge in [0.2, 0.25) is 15.0 Å². The standard InChI is InChI=1S/C17H19N3O3S/c1-11-7-12(2)9-15(8-11)20-6-5-18-17(20)24(21,22)10-16-13(3)19-23-14(16)4/h5-9H,10H2,1-4H3. The second kappa shape index (κ2) is 5.90. The van der Waals surface area contributed by atoms with Gasteiger partial charge in [-0.2, -0.15) is 0 Å². The van der Waals surface area contributed by atoms with Gasteiger partial charge in [0.05, 0.1) is 11.4 Å². The first-order chi connectivity index (χ1) is 11.3. The molecule has 0 fully saturated rings. The highest BCUT2D eigenvalue weighted by atomic mass is 32.2. The van der Waals surface area contributed by atoms with E-state index in [1.165, 1.54) is 6.20 Å². The van der Waals surface area contributed by atoms with Crippen LogP contribution in [-0.2, 0) is 15.6 Å². The van der Waals surface area contributed by atoms with Crippen molar-refractivity contribution in [2.24, 2.45) is 0 Å². The summed E-state index contributed by atoms with van der Waals surface area (Å²) in [6, 6.07) is 5.91. The lowest BCUT2D eigenvalue weighted by Gasteiger charge is -2.10. The second-order valence-electron chi connectivity index (χ2n) is 5.99. The molecule has 0 saturated heterocycles. The number of imidazole rings is 1. The van der Waals surface area contributed by atoms with Crippen molar-refractivity contribution < 1.29 is 12.9 Å². The monoisotopic (exact) mass is 345 g/mol. The summed E-state index contributed by atoms with van der Waals surface area (Å²) in [4.78, 5) is 4.09. The van der Waals surface area contributed by atoms with Crippen molar-refractivity contribution in [2.75, 3.05) is 0 Å². The molecule has 0 bridgehead atoms. The molecule has 7 heteroatoms. The fraction of sp³-hybridized carbons (Fsp3) is 0.294. The van der Waals surface area contributed by atoms with E-state index in [2.05, 4.69) is 10.1 Å². The summed E-state index contributed by atoms with van der Waals surface area (Å²) >= 11 is 0. The minimum absolute atomic E-state index is 0.0208. The third kappa shape index (κ3) is 2.99. The van der Waals surface area contributed by atoms with E-state index in [4.69, 9.17) is 4.52 Å². The third-order valence-corrected chi connectivity index (χ3v) is 5.41. The van der Waals surface area contributed by atoms with Crippen LogP contribution in [0, 0.1) is 27.7 Å². The lowest BCUT2D eigenvalue weighted by Crippen LogP contribution is -2.13. The van der Waals surface area contributed by atoms with Crippen LogP contribution in [0.1, 0.15) is 28.1 Å². The molecule has 3 aromatic rings. The van der Waals surface area contributed by atoms with Gasteiger partial charge in [0.25, 0.3) is 0 Å². The molecule has 2 aromatic heterocycles. The smallest absolute Gasteiger partial charge is 0.232 e. The van der Waals surface area contributed by atoms with Crippen LogP contribution < -0.4 is 0 Å². The van der Waals surface area contributed by atoms with Crippen LogP contribution in [0.25, 0.3) is 5.69 Å². The first-order valence-corrected chi connectivity index (χ1v) is 9.19. The molecule has 0 aliphatic rings. The number of nitrogens with zero attached hydrogens (tertiary/aromatic N) is 3. The van der Waals surface area contributed by atoms with Crippen LogP contribution in [0.3, 0.4) is 0 Å². The zero-order valence-electron chi connectivity index (χ0n) is 14.1. The topological polar surface area (TPSA) is 78.0 Å². The largest absolute Gasteiger partial charge is 0.361 e. The molecular weight excluding hydrogens is 326 g/mol. The highest BCUT2D eigenvalue weighted by Crippen LogP contribution is 2.23. The minimum atomic E-state index is -3.64. The van der Waals surface area contributed by atoms with Gasteiger partial charge in [-0.3, -0.25) is 4.57 Å². The van der Waals surface area contributed by atoms with Crippen LogP contribution >= 0.6 is 0 Å². The maximum Gasteiger partial charge on any atom is 0.232 e. The SMILES string of the molecule is Cc1cc(C)cc(-n2ccnc2S(=O)(=O)Cc2c(C)noc2C)c1. The Morgan fingerprint density at radius 3 is 2.33 bits per heavy atom. The van der Waals surface area contributed by atoms with Gasteiger partial charge < -0.3 is 4.52 Å². The molecular formula is C17H19N3O3S. The molecule has 0 saturated carbocycles. The minimum Gasteiger partial charge on any atom is -0.361 e. The molecule has 6 nitrogen and oxygen atoms in total. The number of rotatable bonds is 4. The quantitative estimate of drug-likeness (QED) is 0.726. The summed E-state index contributed by atoms with van der Waals surface area (Å²) < 4.78 is 32.4. The lowest BCUT2D eigenvalue weighted by molar-refractivity contribution is 0.392. The van der Waals surface area contributed by atoms with E-state index in [1.54, 1.807) is 24.6 Å². The summed E-state index contributed by atoms with van der Waals surface area (Å²) in [5.74, 6) is 0.330. The Kier molecular flexibility index (Phi) is 4.04. The molecule has 0 aliphatic carbocycles. The van der Waals surface area contributed by atoms with Crippen molar-refractivity contribution in [1.82, 2.24) is 14.7 Å². The van der Waals surface area contributed by atoms with E-state index in [1.807, 2.05) is 32.0 Å². The molecule has 0 N–H and O–H groups in total. The van der Waals surface area contributed by atoms with Crippen molar-refractivity contribution >= 4 is 9.84 Å². The molecule has 0 unspecified atom stereocenters. The van der Waals surface area contributed by atoms with Crippen molar-refractivity contribution in [2.45, 2.75) is 38.6 Å². The number of aryl methyl sites for hydroxylation is 4. The highest BCUT2D eigenvalue weighted by molar-refractivity contribution is 7.90. The van der Waals surface area contributed by atoms with Crippen LogP contribution in [-0.4, -0.2) is 23.1 Å². The van der Waals surface area contributed by atoms with Crippen LogP contribution in [0.5, 0.6) is 0 Å². The van der Waals surface area contributed by atoms with Crippen molar-refractivity contribution in [1.29, 1.82) is 0 Å². The Balaban J connectivity index is 2.06. The summed E-state index contributed by atoms with van der Waals surface area (Å²) in [6.45, 7) is 7.40. The van der Waals surface area contributed by atoms with E-state index < -0.39 is 9.84 Å².